The van der Waals surface area contributed by atoms with Crippen LogP contribution >= 0.6 is 0 Å². The van der Waals surface area contributed by atoms with Gasteiger partial charge in [0.1, 0.15) is 11.9 Å². The number of nitrogens with one attached hydrogen (secondary N) is 2. The zero-order valence-corrected chi connectivity index (χ0v) is 13.3. The van der Waals surface area contributed by atoms with Crippen molar-refractivity contribution in [3.05, 3.63) is 58.9 Å². The van der Waals surface area contributed by atoms with E-state index >= 15 is 0 Å². The smallest absolute Gasteiger partial charge is 0.246 e. The fourth-order valence-electron chi connectivity index (χ4n) is 2.47. The Hall–Kier alpha value is -2.36. The highest BCUT2D eigenvalue weighted by atomic mass is 19.1. The summed E-state index contributed by atoms with van der Waals surface area (Å²) >= 11 is 0. The van der Waals surface area contributed by atoms with Crippen LogP contribution in [0.1, 0.15) is 23.6 Å². The Morgan fingerprint density at radius 1 is 1.05 bits per heavy atom. The van der Waals surface area contributed by atoms with Crippen LogP contribution in [0.4, 0.5) is 15.8 Å². The standard InChI is InChI=1S/C18H21FN2O/c1-11-9-12(2)17(13(3)10-11)21-18(22)14(4)20-16-7-5-15(19)6-8-16/h5-10,14,20H,1-4H3,(H,21,22)/t14-/m1/s1. The second-order valence-electron chi connectivity index (χ2n) is 5.64. The summed E-state index contributed by atoms with van der Waals surface area (Å²) in [4.78, 5) is 12.3. The number of benzene rings is 2. The molecule has 0 aliphatic rings. The molecule has 22 heavy (non-hydrogen) atoms. The maximum absolute atomic E-state index is 12.9. The van der Waals surface area contributed by atoms with Crippen LogP contribution in [0, 0.1) is 26.6 Å². The molecule has 0 radical (unpaired) electrons. The van der Waals surface area contributed by atoms with Gasteiger partial charge in [-0.05, 0) is 63.1 Å². The average Bonchev–Trinajstić information content (AvgIpc) is 2.45. The second kappa shape index (κ2) is 6.60. The molecule has 0 bridgehead atoms. The fraction of sp³-hybridized carbons (Fsp3) is 0.278. The largest absolute Gasteiger partial charge is 0.374 e. The number of halogens is 1. The molecule has 2 aromatic carbocycles. The van der Waals surface area contributed by atoms with Crippen LogP contribution in [-0.4, -0.2) is 11.9 Å². The summed E-state index contributed by atoms with van der Waals surface area (Å²) in [7, 11) is 0. The molecule has 1 amide bonds. The molecule has 2 rings (SSSR count). The molecule has 2 aromatic rings. The van der Waals surface area contributed by atoms with Gasteiger partial charge in [0.25, 0.3) is 0 Å². The number of carbonyl (C=O) groups is 1. The lowest BCUT2D eigenvalue weighted by atomic mass is 10.0. The van der Waals surface area contributed by atoms with Crippen LogP contribution in [-0.2, 0) is 4.79 Å². The minimum atomic E-state index is -0.425. The molecule has 0 aliphatic heterocycles. The van der Waals surface area contributed by atoms with Crippen molar-refractivity contribution in [1.29, 1.82) is 0 Å². The lowest BCUT2D eigenvalue weighted by Crippen LogP contribution is -2.32. The van der Waals surface area contributed by atoms with Gasteiger partial charge in [0, 0.05) is 11.4 Å². The van der Waals surface area contributed by atoms with E-state index in [9.17, 15) is 9.18 Å². The molecule has 0 aromatic heterocycles. The van der Waals surface area contributed by atoms with Gasteiger partial charge in [-0.1, -0.05) is 17.7 Å². The predicted octanol–water partition coefficient (Wildman–Crippen LogP) is 4.19. The van der Waals surface area contributed by atoms with E-state index in [0.717, 1.165) is 16.8 Å². The summed E-state index contributed by atoms with van der Waals surface area (Å²) in [5, 5.41) is 6.02. The number of hydrogen-bond donors (Lipinski definition) is 2. The van der Waals surface area contributed by atoms with Crippen molar-refractivity contribution in [2.24, 2.45) is 0 Å². The van der Waals surface area contributed by atoms with Crippen molar-refractivity contribution in [1.82, 2.24) is 0 Å². The quantitative estimate of drug-likeness (QED) is 0.889. The number of anilines is 2. The molecule has 0 spiro atoms. The summed E-state index contributed by atoms with van der Waals surface area (Å²) < 4.78 is 12.9. The molecule has 0 fully saturated rings. The van der Waals surface area contributed by atoms with Gasteiger partial charge in [-0.25, -0.2) is 4.39 Å². The van der Waals surface area contributed by atoms with Gasteiger partial charge < -0.3 is 10.6 Å². The van der Waals surface area contributed by atoms with E-state index in [1.807, 2.05) is 32.9 Å². The van der Waals surface area contributed by atoms with Gasteiger partial charge in [0.2, 0.25) is 5.91 Å². The van der Waals surface area contributed by atoms with Crippen LogP contribution in [0.15, 0.2) is 36.4 Å². The molecule has 0 heterocycles. The van der Waals surface area contributed by atoms with E-state index in [4.69, 9.17) is 0 Å². The van der Waals surface area contributed by atoms with E-state index < -0.39 is 6.04 Å². The Kier molecular flexibility index (Phi) is 4.81. The summed E-state index contributed by atoms with van der Waals surface area (Å²) in [5.41, 5.74) is 4.81. The molecule has 116 valence electrons. The summed E-state index contributed by atoms with van der Waals surface area (Å²) in [6, 6.07) is 9.61. The first kappa shape index (κ1) is 16.0. The molecule has 0 saturated carbocycles. The third-order valence-corrected chi connectivity index (χ3v) is 3.55. The van der Waals surface area contributed by atoms with Gasteiger partial charge in [-0.15, -0.1) is 0 Å². The van der Waals surface area contributed by atoms with E-state index in [2.05, 4.69) is 10.6 Å². The maximum atomic E-state index is 12.9. The molecule has 0 saturated heterocycles. The van der Waals surface area contributed by atoms with Crippen LogP contribution < -0.4 is 10.6 Å². The average molecular weight is 300 g/mol. The molecule has 1 atom stereocenters. The van der Waals surface area contributed by atoms with Gasteiger partial charge in [-0.3, -0.25) is 4.79 Å². The van der Waals surface area contributed by atoms with Crippen molar-refractivity contribution in [2.75, 3.05) is 10.6 Å². The highest BCUT2D eigenvalue weighted by molar-refractivity contribution is 5.97. The van der Waals surface area contributed by atoms with E-state index in [0.29, 0.717) is 5.69 Å². The Morgan fingerprint density at radius 3 is 2.14 bits per heavy atom. The monoisotopic (exact) mass is 300 g/mol. The van der Waals surface area contributed by atoms with Crippen molar-refractivity contribution >= 4 is 17.3 Å². The van der Waals surface area contributed by atoms with E-state index in [1.165, 1.54) is 17.7 Å². The highest BCUT2D eigenvalue weighted by Crippen LogP contribution is 2.22. The Balaban J connectivity index is 2.07. The summed E-state index contributed by atoms with van der Waals surface area (Å²) in [6.07, 6.45) is 0. The van der Waals surface area contributed by atoms with Gasteiger partial charge in [0.15, 0.2) is 0 Å². The van der Waals surface area contributed by atoms with E-state index in [-0.39, 0.29) is 11.7 Å². The van der Waals surface area contributed by atoms with Crippen LogP contribution in [0.3, 0.4) is 0 Å². The lowest BCUT2D eigenvalue weighted by molar-refractivity contribution is -0.116. The molecular formula is C18H21FN2O. The highest BCUT2D eigenvalue weighted by Gasteiger charge is 2.15. The number of carbonyl (C=O) groups excluding carboxylic acids is 1. The van der Waals surface area contributed by atoms with Crippen LogP contribution in [0.25, 0.3) is 0 Å². The number of amides is 1. The molecular weight excluding hydrogens is 279 g/mol. The summed E-state index contributed by atoms with van der Waals surface area (Å²) in [6.45, 7) is 7.77. The zero-order chi connectivity index (χ0) is 16.3. The molecule has 0 aliphatic carbocycles. The van der Waals surface area contributed by atoms with Crippen molar-refractivity contribution < 1.29 is 9.18 Å². The number of aryl methyl sites for hydroxylation is 3. The van der Waals surface area contributed by atoms with E-state index in [1.54, 1.807) is 19.1 Å². The summed E-state index contributed by atoms with van der Waals surface area (Å²) in [5.74, 6) is -0.423. The fourth-order valence-corrected chi connectivity index (χ4v) is 2.47. The predicted molar refractivity (Wildman–Crippen MR) is 88.8 cm³/mol. The number of hydrogen-bond acceptors (Lipinski definition) is 2. The second-order valence-corrected chi connectivity index (χ2v) is 5.64. The van der Waals surface area contributed by atoms with Gasteiger partial charge in [0.05, 0.1) is 0 Å². The van der Waals surface area contributed by atoms with Crippen LogP contribution in [0.2, 0.25) is 0 Å². The topological polar surface area (TPSA) is 41.1 Å². The Morgan fingerprint density at radius 2 is 1.59 bits per heavy atom. The van der Waals surface area contributed by atoms with Crippen molar-refractivity contribution in [3.8, 4) is 0 Å². The molecule has 0 unspecified atom stereocenters. The number of rotatable bonds is 4. The molecule has 2 N–H and O–H groups in total. The Labute approximate surface area is 130 Å². The van der Waals surface area contributed by atoms with Gasteiger partial charge in [-0.2, -0.15) is 0 Å². The van der Waals surface area contributed by atoms with Crippen molar-refractivity contribution in [2.45, 2.75) is 33.7 Å². The minimum Gasteiger partial charge on any atom is -0.374 e. The maximum Gasteiger partial charge on any atom is 0.246 e. The Bertz CT molecular complexity index is 657. The minimum absolute atomic E-state index is 0.126. The first-order valence-electron chi connectivity index (χ1n) is 7.27. The van der Waals surface area contributed by atoms with Crippen LogP contribution in [0.5, 0.6) is 0 Å². The third-order valence-electron chi connectivity index (χ3n) is 3.55. The van der Waals surface area contributed by atoms with Gasteiger partial charge >= 0.3 is 0 Å². The normalized spacial score (nSPS) is 11.9. The lowest BCUT2D eigenvalue weighted by Gasteiger charge is -2.18. The first-order valence-corrected chi connectivity index (χ1v) is 7.27. The molecule has 4 heteroatoms. The SMILES string of the molecule is Cc1cc(C)c(NC(=O)[C@@H](C)Nc2ccc(F)cc2)c(C)c1. The third kappa shape index (κ3) is 3.85. The van der Waals surface area contributed by atoms with Crippen molar-refractivity contribution in [3.63, 3.8) is 0 Å². The first-order chi connectivity index (χ1) is 10.4. The molecule has 3 nitrogen and oxygen atoms in total. The zero-order valence-electron chi connectivity index (χ0n) is 13.3.